The lowest BCUT2D eigenvalue weighted by molar-refractivity contribution is 0.0635. The summed E-state index contributed by atoms with van der Waals surface area (Å²) in [6.45, 7) is 5.33. The molecule has 1 amide bonds. The molecule has 1 aromatic carbocycles. The normalized spacial score (nSPS) is 11.7. The molecule has 1 heterocycles. The molecule has 0 saturated heterocycles. The van der Waals surface area contributed by atoms with Crippen LogP contribution < -0.4 is 5.32 Å². The molecule has 0 saturated carbocycles. The average Bonchev–Trinajstić information content (AvgIpc) is 2.58. The summed E-state index contributed by atoms with van der Waals surface area (Å²) in [6.07, 6.45) is 2.64. The van der Waals surface area contributed by atoms with Crippen LogP contribution in [0.25, 0.3) is 5.57 Å². The third-order valence-corrected chi connectivity index (χ3v) is 3.69. The SMILES string of the molecule is CN(C)/C=C(\C(=O)c1ccc(Cl)cc1)c1ccnc(NC(=O)OC(C)(C)C)c1. The number of nitrogens with one attached hydrogen (secondary N) is 1. The summed E-state index contributed by atoms with van der Waals surface area (Å²) in [5.74, 6) is 0.125. The van der Waals surface area contributed by atoms with Gasteiger partial charge in [0, 0.05) is 42.7 Å². The van der Waals surface area contributed by atoms with Crippen molar-refractivity contribution in [1.82, 2.24) is 9.88 Å². The first-order valence-electron chi connectivity index (χ1n) is 8.70. The summed E-state index contributed by atoms with van der Waals surface area (Å²) in [5, 5.41) is 3.15. The summed E-state index contributed by atoms with van der Waals surface area (Å²) < 4.78 is 5.24. The number of pyridine rings is 1. The minimum Gasteiger partial charge on any atom is -0.444 e. The smallest absolute Gasteiger partial charge is 0.413 e. The number of Topliss-reactive ketones (excluding diaryl/α,β-unsaturated/α-hetero) is 1. The van der Waals surface area contributed by atoms with Crippen LogP contribution >= 0.6 is 11.6 Å². The van der Waals surface area contributed by atoms with E-state index in [1.165, 1.54) is 6.20 Å². The van der Waals surface area contributed by atoms with Gasteiger partial charge in [-0.1, -0.05) is 11.6 Å². The number of carbonyl (C=O) groups is 2. The van der Waals surface area contributed by atoms with Gasteiger partial charge in [0.2, 0.25) is 0 Å². The summed E-state index contributed by atoms with van der Waals surface area (Å²) in [5.41, 5.74) is 0.968. The first kappa shape index (κ1) is 21.4. The lowest BCUT2D eigenvalue weighted by Crippen LogP contribution is -2.27. The highest BCUT2D eigenvalue weighted by Crippen LogP contribution is 2.23. The second-order valence-electron chi connectivity index (χ2n) is 7.40. The molecule has 0 aliphatic carbocycles. The van der Waals surface area contributed by atoms with Crippen molar-refractivity contribution in [2.75, 3.05) is 19.4 Å². The van der Waals surface area contributed by atoms with Gasteiger partial charge in [-0.25, -0.2) is 9.78 Å². The summed E-state index contributed by atoms with van der Waals surface area (Å²) in [6, 6.07) is 10.0. The predicted octanol–water partition coefficient (Wildman–Crippen LogP) is 4.87. The molecule has 0 fully saturated rings. The van der Waals surface area contributed by atoms with Crippen molar-refractivity contribution >= 4 is 34.9 Å². The van der Waals surface area contributed by atoms with Gasteiger partial charge in [-0.05, 0) is 62.7 Å². The number of ether oxygens (including phenoxy) is 1. The van der Waals surface area contributed by atoms with Gasteiger partial charge in [-0.2, -0.15) is 0 Å². The van der Waals surface area contributed by atoms with Crippen LogP contribution in [0.5, 0.6) is 0 Å². The molecule has 148 valence electrons. The number of hydrogen-bond acceptors (Lipinski definition) is 5. The van der Waals surface area contributed by atoms with Crippen LogP contribution in [-0.4, -0.2) is 41.5 Å². The van der Waals surface area contributed by atoms with Gasteiger partial charge in [0.05, 0.1) is 0 Å². The number of benzene rings is 1. The first-order chi connectivity index (χ1) is 13.0. The van der Waals surface area contributed by atoms with Gasteiger partial charge in [0.15, 0.2) is 5.78 Å². The van der Waals surface area contributed by atoms with Gasteiger partial charge >= 0.3 is 6.09 Å². The van der Waals surface area contributed by atoms with E-state index < -0.39 is 11.7 Å². The standard InChI is InChI=1S/C21H24ClN3O3/c1-21(2,3)28-20(27)24-18-12-15(10-11-23-18)17(13-25(4)5)19(26)14-6-8-16(22)9-7-14/h6-13H,1-5H3,(H,23,24,27)/b17-13-. The fourth-order valence-electron chi connectivity index (χ4n) is 2.35. The number of anilines is 1. The Morgan fingerprint density at radius 1 is 1.11 bits per heavy atom. The topological polar surface area (TPSA) is 71.5 Å². The molecule has 6 nitrogen and oxygen atoms in total. The van der Waals surface area contributed by atoms with Crippen molar-refractivity contribution in [3.05, 3.63) is 64.9 Å². The van der Waals surface area contributed by atoms with Crippen LogP contribution in [-0.2, 0) is 4.74 Å². The number of rotatable bonds is 5. The van der Waals surface area contributed by atoms with Crippen molar-refractivity contribution in [1.29, 1.82) is 0 Å². The fraction of sp³-hybridized carbons (Fsp3) is 0.286. The summed E-state index contributed by atoms with van der Waals surface area (Å²) >= 11 is 5.92. The second kappa shape index (κ2) is 8.89. The third-order valence-electron chi connectivity index (χ3n) is 3.44. The molecule has 0 aliphatic heterocycles. The highest BCUT2D eigenvalue weighted by molar-refractivity contribution is 6.31. The molecule has 7 heteroatoms. The number of ketones is 1. The molecule has 28 heavy (non-hydrogen) atoms. The van der Waals surface area contributed by atoms with Crippen LogP contribution in [0.4, 0.5) is 10.6 Å². The van der Waals surface area contributed by atoms with E-state index >= 15 is 0 Å². The van der Waals surface area contributed by atoms with Crippen molar-refractivity contribution in [2.24, 2.45) is 0 Å². The van der Waals surface area contributed by atoms with Crippen molar-refractivity contribution < 1.29 is 14.3 Å². The van der Waals surface area contributed by atoms with Crippen molar-refractivity contribution in [3.63, 3.8) is 0 Å². The van der Waals surface area contributed by atoms with Gasteiger partial charge in [0.25, 0.3) is 0 Å². The van der Waals surface area contributed by atoms with Crippen LogP contribution in [0.15, 0.2) is 48.8 Å². The Morgan fingerprint density at radius 3 is 2.32 bits per heavy atom. The number of amides is 1. The van der Waals surface area contributed by atoms with E-state index in [4.69, 9.17) is 16.3 Å². The first-order valence-corrected chi connectivity index (χ1v) is 9.08. The van der Waals surface area contributed by atoms with Gasteiger partial charge in [0.1, 0.15) is 11.4 Å². The maximum Gasteiger partial charge on any atom is 0.413 e. The molecule has 1 aromatic heterocycles. The highest BCUT2D eigenvalue weighted by Gasteiger charge is 2.19. The molecule has 0 atom stereocenters. The Morgan fingerprint density at radius 2 is 1.75 bits per heavy atom. The molecule has 0 spiro atoms. The highest BCUT2D eigenvalue weighted by atomic mass is 35.5. The lowest BCUT2D eigenvalue weighted by Gasteiger charge is -2.19. The predicted molar refractivity (Wildman–Crippen MR) is 112 cm³/mol. The Kier molecular flexibility index (Phi) is 6.80. The van der Waals surface area contributed by atoms with Crippen LogP contribution in [0.1, 0.15) is 36.7 Å². The molecule has 0 radical (unpaired) electrons. The number of allylic oxidation sites excluding steroid dienone is 1. The number of aromatic nitrogens is 1. The molecule has 1 N–H and O–H groups in total. The number of hydrogen-bond donors (Lipinski definition) is 1. The maximum absolute atomic E-state index is 13.0. The molecule has 0 unspecified atom stereocenters. The summed E-state index contributed by atoms with van der Waals surface area (Å²) in [4.78, 5) is 31.0. The van der Waals surface area contributed by atoms with Crippen molar-refractivity contribution in [2.45, 2.75) is 26.4 Å². The largest absolute Gasteiger partial charge is 0.444 e. The monoisotopic (exact) mass is 401 g/mol. The number of halogens is 1. The zero-order valence-corrected chi connectivity index (χ0v) is 17.4. The van der Waals surface area contributed by atoms with Crippen LogP contribution in [0.3, 0.4) is 0 Å². The Labute approximate surface area is 170 Å². The Hall–Kier alpha value is -2.86. The maximum atomic E-state index is 13.0. The Bertz CT molecular complexity index is 885. The van der Waals surface area contributed by atoms with Crippen LogP contribution in [0, 0.1) is 0 Å². The van der Waals surface area contributed by atoms with Crippen LogP contribution in [0.2, 0.25) is 5.02 Å². The van der Waals surface area contributed by atoms with E-state index in [1.807, 2.05) is 14.1 Å². The molecular formula is C21H24ClN3O3. The zero-order chi connectivity index (χ0) is 20.9. The van der Waals surface area contributed by atoms with E-state index in [2.05, 4.69) is 10.3 Å². The van der Waals surface area contributed by atoms with E-state index in [0.717, 1.165) is 0 Å². The quantitative estimate of drug-likeness (QED) is 0.571. The van der Waals surface area contributed by atoms with Gasteiger partial charge in [-0.3, -0.25) is 10.1 Å². The zero-order valence-electron chi connectivity index (χ0n) is 16.6. The molecule has 0 aliphatic rings. The van der Waals surface area contributed by atoms with Gasteiger partial charge in [-0.15, -0.1) is 0 Å². The average molecular weight is 402 g/mol. The van der Waals surface area contributed by atoms with Crippen molar-refractivity contribution in [3.8, 4) is 0 Å². The molecule has 0 bridgehead atoms. The molecular weight excluding hydrogens is 378 g/mol. The number of carbonyl (C=O) groups excluding carboxylic acids is 2. The minimum atomic E-state index is -0.623. The lowest BCUT2D eigenvalue weighted by atomic mass is 9.98. The fourth-order valence-corrected chi connectivity index (χ4v) is 2.48. The van der Waals surface area contributed by atoms with E-state index in [-0.39, 0.29) is 5.78 Å². The van der Waals surface area contributed by atoms with E-state index in [0.29, 0.717) is 27.5 Å². The minimum absolute atomic E-state index is 0.167. The molecule has 2 rings (SSSR count). The summed E-state index contributed by atoms with van der Waals surface area (Å²) in [7, 11) is 3.66. The second-order valence-corrected chi connectivity index (χ2v) is 7.84. The van der Waals surface area contributed by atoms with Gasteiger partial charge < -0.3 is 9.64 Å². The Balaban J connectivity index is 2.33. The van der Waals surface area contributed by atoms with E-state index in [1.54, 1.807) is 68.3 Å². The van der Waals surface area contributed by atoms with E-state index in [9.17, 15) is 9.59 Å². The number of nitrogens with zero attached hydrogens (tertiary/aromatic N) is 2. The third kappa shape index (κ3) is 6.39. The molecule has 2 aromatic rings.